The summed E-state index contributed by atoms with van der Waals surface area (Å²) >= 11 is 16.0. The number of carboxylic acid groups (broad SMARTS) is 1. The largest absolute Gasteiger partial charge is 0.521 e. The molecule has 0 aliphatic carbocycles. The van der Waals surface area contributed by atoms with Crippen LogP contribution in [0.15, 0.2) is 0 Å². The van der Waals surface area contributed by atoms with E-state index >= 15 is 0 Å². The number of hydrogen-bond donors (Lipinski definition) is 0. The summed E-state index contributed by atoms with van der Waals surface area (Å²) in [6, 6.07) is 0. The van der Waals surface area contributed by atoms with Gasteiger partial charge in [-0.25, -0.2) is 0 Å². The van der Waals surface area contributed by atoms with E-state index in [1.165, 1.54) is 6.92 Å². The van der Waals surface area contributed by atoms with Gasteiger partial charge in [0.25, 0.3) is 6.16 Å². The monoisotopic (exact) mass is 235 g/mol. The zero-order chi connectivity index (χ0) is 9.72. The Bertz CT molecular complexity index is 152. The van der Waals surface area contributed by atoms with Gasteiger partial charge in [0, 0.05) is 0 Å². The summed E-state index contributed by atoms with van der Waals surface area (Å²) in [5, 5.41) is 9.84. The molecule has 0 saturated carbocycles. The van der Waals surface area contributed by atoms with Crippen LogP contribution in [-0.4, -0.2) is 22.8 Å². The Labute approximate surface area is 84.3 Å². The number of hydrogen-bond acceptors (Lipinski definition) is 4. The molecule has 0 aromatic rings. The number of halogens is 3. The summed E-state index contributed by atoms with van der Waals surface area (Å²) < 4.78 is 8.73. The van der Waals surface area contributed by atoms with Gasteiger partial charge < -0.3 is 19.4 Å². The molecule has 0 spiro atoms. The van der Waals surface area contributed by atoms with Crippen LogP contribution in [0.2, 0.25) is 0 Å². The molecule has 0 bridgehead atoms. The third-order valence-electron chi connectivity index (χ3n) is 0.782. The zero-order valence-corrected chi connectivity index (χ0v) is 8.27. The van der Waals surface area contributed by atoms with Crippen LogP contribution in [-0.2, 0) is 9.47 Å². The first-order valence-electron chi connectivity index (χ1n) is 2.88. The van der Waals surface area contributed by atoms with Crippen molar-refractivity contribution in [3.8, 4) is 0 Å². The Balaban J connectivity index is 3.68. The zero-order valence-electron chi connectivity index (χ0n) is 6.00. The molecule has 0 N–H and O–H groups in total. The topological polar surface area (TPSA) is 58.6 Å². The number of alkyl halides is 3. The van der Waals surface area contributed by atoms with E-state index in [1.807, 2.05) is 0 Å². The van der Waals surface area contributed by atoms with Crippen molar-refractivity contribution in [3.05, 3.63) is 0 Å². The second-order valence-corrected chi connectivity index (χ2v) is 3.35. The quantitative estimate of drug-likeness (QED) is 0.416. The van der Waals surface area contributed by atoms with E-state index < -0.39 is 22.8 Å². The fourth-order valence-corrected chi connectivity index (χ4v) is 0.669. The van der Waals surface area contributed by atoms with Crippen molar-refractivity contribution in [3.63, 3.8) is 0 Å². The van der Waals surface area contributed by atoms with Crippen molar-refractivity contribution >= 4 is 41.0 Å². The van der Waals surface area contributed by atoms with Gasteiger partial charge in [0.1, 0.15) is 11.1 Å². The first-order valence-corrected chi connectivity index (χ1v) is 4.19. The fourth-order valence-electron chi connectivity index (χ4n) is 0.406. The Morgan fingerprint density at radius 3 is 2.25 bits per heavy atom. The van der Waals surface area contributed by atoms with Crippen LogP contribution in [0.1, 0.15) is 6.92 Å². The summed E-state index contributed by atoms with van der Waals surface area (Å²) in [4.78, 5) is 8.88. The Morgan fingerprint density at radius 2 is 1.92 bits per heavy atom. The molecule has 0 aromatic carbocycles. The van der Waals surface area contributed by atoms with E-state index in [-0.39, 0.29) is 0 Å². The first kappa shape index (κ1) is 12.1. The van der Waals surface area contributed by atoms with E-state index in [0.29, 0.717) is 0 Å². The molecule has 12 heavy (non-hydrogen) atoms. The second-order valence-electron chi connectivity index (χ2n) is 1.76. The van der Waals surface area contributed by atoms with Gasteiger partial charge in [0.2, 0.25) is 0 Å². The van der Waals surface area contributed by atoms with E-state index in [2.05, 4.69) is 9.47 Å². The molecule has 0 fully saturated rings. The lowest BCUT2D eigenvalue weighted by Crippen LogP contribution is -2.31. The minimum absolute atomic E-state index is 0.959. The van der Waals surface area contributed by atoms with Crippen LogP contribution in [0.4, 0.5) is 4.79 Å². The third-order valence-corrected chi connectivity index (χ3v) is 1.85. The van der Waals surface area contributed by atoms with Crippen LogP contribution in [0.5, 0.6) is 0 Å². The molecule has 0 saturated heterocycles. The van der Waals surface area contributed by atoms with E-state index in [9.17, 15) is 9.90 Å². The Morgan fingerprint density at radius 1 is 1.42 bits per heavy atom. The van der Waals surface area contributed by atoms with Gasteiger partial charge in [-0.1, -0.05) is 11.6 Å². The summed E-state index contributed by atoms with van der Waals surface area (Å²) in [7, 11) is 0. The molecular formula is C5H6Cl3O4-. The average Bonchev–Trinajstić information content (AvgIpc) is 1.84. The minimum atomic E-state index is -1.70. The first-order chi connectivity index (χ1) is 5.43. The van der Waals surface area contributed by atoms with Crippen LogP contribution in [0.3, 0.4) is 0 Å². The standard InChI is InChI=1S/C5H7Cl3O4/c1-2(12-5(9)10)11-4(8)3(6)7/h2-4H,1H3,(H,9,10)/p-1. The van der Waals surface area contributed by atoms with Crippen LogP contribution in [0, 0.1) is 0 Å². The summed E-state index contributed by atoms with van der Waals surface area (Å²) in [6.07, 6.45) is -2.76. The highest BCUT2D eigenvalue weighted by atomic mass is 35.5. The average molecular weight is 236 g/mol. The smallest absolute Gasteiger partial charge is 0.254 e. The molecule has 4 nitrogen and oxygen atoms in total. The maximum atomic E-state index is 9.84. The van der Waals surface area contributed by atoms with Gasteiger partial charge in [0.15, 0.2) is 5.56 Å². The number of carbonyl (C=O) groups excluding carboxylic acids is 1. The fraction of sp³-hybridized carbons (Fsp3) is 0.800. The number of rotatable bonds is 4. The highest BCUT2D eigenvalue weighted by molar-refractivity contribution is 6.48. The molecule has 0 heterocycles. The van der Waals surface area contributed by atoms with Crippen LogP contribution < -0.4 is 5.11 Å². The van der Waals surface area contributed by atoms with Gasteiger partial charge in [0.05, 0.1) is 0 Å². The lowest BCUT2D eigenvalue weighted by molar-refractivity contribution is -0.301. The molecule has 0 aromatic heterocycles. The molecule has 0 aliphatic heterocycles. The molecule has 0 aliphatic rings. The maximum absolute atomic E-state index is 9.84. The molecule has 2 unspecified atom stereocenters. The van der Waals surface area contributed by atoms with Gasteiger partial charge in [-0.05, 0) is 6.92 Å². The highest BCUT2D eigenvalue weighted by Gasteiger charge is 2.16. The van der Waals surface area contributed by atoms with E-state index in [0.717, 1.165) is 0 Å². The SMILES string of the molecule is CC(OC(=O)[O-])OC(Cl)C(Cl)Cl. The van der Waals surface area contributed by atoms with Gasteiger partial charge in [-0.3, -0.25) is 0 Å². The van der Waals surface area contributed by atoms with Crippen molar-refractivity contribution in [2.75, 3.05) is 0 Å². The van der Waals surface area contributed by atoms with Crippen molar-refractivity contribution in [1.82, 2.24) is 0 Å². The molecule has 7 heteroatoms. The lowest BCUT2D eigenvalue weighted by Gasteiger charge is -2.21. The van der Waals surface area contributed by atoms with Crippen molar-refractivity contribution in [2.24, 2.45) is 0 Å². The highest BCUT2D eigenvalue weighted by Crippen LogP contribution is 2.17. The maximum Gasteiger partial charge on any atom is 0.254 e. The Hall–Kier alpha value is 0.1000. The lowest BCUT2D eigenvalue weighted by atomic mass is 10.7. The third kappa shape index (κ3) is 5.71. The van der Waals surface area contributed by atoms with Crippen molar-refractivity contribution in [1.29, 1.82) is 0 Å². The van der Waals surface area contributed by atoms with Gasteiger partial charge in [-0.2, -0.15) is 0 Å². The molecule has 0 radical (unpaired) electrons. The molecule has 2 atom stereocenters. The molecule has 0 amide bonds. The number of ether oxygens (including phenoxy) is 2. The number of carbonyl (C=O) groups is 1. The van der Waals surface area contributed by atoms with Crippen molar-refractivity contribution in [2.45, 2.75) is 23.6 Å². The van der Waals surface area contributed by atoms with E-state index in [1.54, 1.807) is 0 Å². The van der Waals surface area contributed by atoms with Gasteiger partial charge in [-0.15, -0.1) is 23.2 Å². The Kier molecular flexibility index (Phi) is 5.74. The minimum Gasteiger partial charge on any atom is -0.521 e. The normalized spacial score (nSPS) is 15.8. The van der Waals surface area contributed by atoms with Crippen LogP contribution in [0.25, 0.3) is 0 Å². The summed E-state index contributed by atoms with van der Waals surface area (Å²) in [6.45, 7) is 1.32. The predicted molar refractivity (Wildman–Crippen MR) is 42.2 cm³/mol. The van der Waals surface area contributed by atoms with Gasteiger partial charge >= 0.3 is 0 Å². The second kappa shape index (κ2) is 5.70. The summed E-state index contributed by atoms with van der Waals surface area (Å²) in [5.74, 6) is 0. The molecule has 72 valence electrons. The van der Waals surface area contributed by atoms with Crippen LogP contribution >= 0.6 is 34.8 Å². The van der Waals surface area contributed by atoms with E-state index in [4.69, 9.17) is 34.8 Å². The predicted octanol–water partition coefficient (Wildman–Crippen LogP) is 1.08. The molecular weight excluding hydrogens is 230 g/mol. The van der Waals surface area contributed by atoms with Crippen molar-refractivity contribution < 1.29 is 19.4 Å². The molecule has 0 rings (SSSR count). The summed E-state index contributed by atoms with van der Waals surface area (Å²) in [5.41, 5.74) is -1.03.